The Labute approximate surface area is 143 Å². The standard InChI is InChI=1S/C19H16F2O2S/c20-18-8-7-17(10-19(18)21)24-12-15(22)11-23-16-6-5-13-3-1-2-4-14(13)9-16/h1-10,15,22H,11-12H2. The van der Waals surface area contributed by atoms with Crippen molar-refractivity contribution in [3.05, 3.63) is 72.3 Å². The highest BCUT2D eigenvalue weighted by molar-refractivity contribution is 7.99. The molecule has 0 saturated carbocycles. The van der Waals surface area contributed by atoms with Crippen LogP contribution in [0.4, 0.5) is 8.78 Å². The zero-order valence-corrected chi connectivity index (χ0v) is 13.6. The van der Waals surface area contributed by atoms with Crippen LogP contribution in [-0.2, 0) is 0 Å². The van der Waals surface area contributed by atoms with Gasteiger partial charge in [0.05, 0.1) is 6.10 Å². The summed E-state index contributed by atoms with van der Waals surface area (Å²) in [5.74, 6) is -0.745. The molecule has 3 aromatic rings. The van der Waals surface area contributed by atoms with Gasteiger partial charge in [0.1, 0.15) is 12.4 Å². The van der Waals surface area contributed by atoms with Crippen LogP contribution in [0.15, 0.2) is 65.6 Å². The first-order valence-electron chi connectivity index (χ1n) is 7.49. The van der Waals surface area contributed by atoms with Gasteiger partial charge >= 0.3 is 0 Å². The molecule has 0 aliphatic heterocycles. The molecule has 0 amide bonds. The van der Waals surface area contributed by atoms with Crippen LogP contribution in [0, 0.1) is 11.6 Å². The number of thioether (sulfide) groups is 1. The van der Waals surface area contributed by atoms with E-state index in [0.29, 0.717) is 16.4 Å². The van der Waals surface area contributed by atoms with Gasteiger partial charge < -0.3 is 9.84 Å². The van der Waals surface area contributed by atoms with E-state index in [1.54, 1.807) is 0 Å². The third kappa shape index (κ3) is 4.24. The van der Waals surface area contributed by atoms with Crippen molar-refractivity contribution < 1.29 is 18.6 Å². The molecular formula is C19H16F2O2S. The summed E-state index contributed by atoms with van der Waals surface area (Å²) in [6.45, 7) is 0.134. The summed E-state index contributed by atoms with van der Waals surface area (Å²) in [6, 6.07) is 17.4. The normalized spacial score (nSPS) is 12.3. The van der Waals surface area contributed by atoms with Crippen molar-refractivity contribution in [3.63, 3.8) is 0 Å². The van der Waals surface area contributed by atoms with Crippen molar-refractivity contribution in [1.29, 1.82) is 0 Å². The summed E-state index contributed by atoms with van der Waals surface area (Å²) >= 11 is 1.25. The van der Waals surface area contributed by atoms with Gasteiger partial charge in [0.2, 0.25) is 0 Å². The molecule has 0 saturated heterocycles. The van der Waals surface area contributed by atoms with E-state index in [1.807, 2.05) is 42.5 Å². The Hall–Kier alpha value is -2.11. The molecule has 1 unspecified atom stereocenters. The van der Waals surface area contributed by atoms with Gasteiger partial charge in [0.15, 0.2) is 11.6 Å². The van der Waals surface area contributed by atoms with Gasteiger partial charge in [-0.05, 0) is 41.1 Å². The lowest BCUT2D eigenvalue weighted by Crippen LogP contribution is -2.20. The maximum atomic E-state index is 13.1. The number of aliphatic hydroxyl groups excluding tert-OH is 1. The number of benzene rings is 3. The molecule has 0 aromatic heterocycles. The Kier molecular flexibility index (Phi) is 5.33. The molecule has 0 spiro atoms. The lowest BCUT2D eigenvalue weighted by Gasteiger charge is -2.12. The third-order valence-electron chi connectivity index (χ3n) is 3.50. The molecule has 124 valence electrons. The number of fused-ring (bicyclic) bond motifs is 1. The second kappa shape index (κ2) is 7.64. The minimum atomic E-state index is -0.887. The van der Waals surface area contributed by atoms with Crippen LogP contribution in [-0.4, -0.2) is 23.6 Å². The molecule has 0 heterocycles. The molecule has 2 nitrogen and oxygen atoms in total. The molecule has 0 fully saturated rings. The molecular weight excluding hydrogens is 330 g/mol. The summed E-state index contributed by atoms with van der Waals surface area (Å²) < 4.78 is 31.6. The summed E-state index contributed by atoms with van der Waals surface area (Å²) in [5, 5.41) is 12.2. The van der Waals surface area contributed by atoms with Crippen molar-refractivity contribution >= 4 is 22.5 Å². The Morgan fingerprint density at radius 2 is 1.71 bits per heavy atom. The second-order valence-electron chi connectivity index (χ2n) is 5.36. The van der Waals surface area contributed by atoms with E-state index in [2.05, 4.69) is 0 Å². The zero-order valence-electron chi connectivity index (χ0n) is 12.8. The highest BCUT2D eigenvalue weighted by atomic mass is 32.2. The molecule has 0 bridgehead atoms. The Bertz CT molecular complexity index is 838. The highest BCUT2D eigenvalue weighted by Gasteiger charge is 2.09. The predicted molar refractivity (Wildman–Crippen MR) is 92.5 cm³/mol. The van der Waals surface area contributed by atoms with Crippen LogP contribution < -0.4 is 4.74 Å². The Morgan fingerprint density at radius 3 is 2.50 bits per heavy atom. The van der Waals surface area contributed by atoms with E-state index in [-0.39, 0.29) is 6.61 Å². The van der Waals surface area contributed by atoms with E-state index < -0.39 is 17.7 Å². The van der Waals surface area contributed by atoms with Crippen LogP contribution >= 0.6 is 11.8 Å². The van der Waals surface area contributed by atoms with Crippen LogP contribution in [0.1, 0.15) is 0 Å². The summed E-state index contributed by atoms with van der Waals surface area (Å²) in [4.78, 5) is 0.568. The molecule has 0 radical (unpaired) electrons. The highest BCUT2D eigenvalue weighted by Crippen LogP contribution is 2.23. The average molecular weight is 346 g/mol. The SMILES string of the molecule is OC(COc1ccc2ccccc2c1)CSc1ccc(F)c(F)c1. The monoisotopic (exact) mass is 346 g/mol. The van der Waals surface area contributed by atoms with Gasteiger partial charge in [-0.25, -0.2) is 8.78 Å². The predicted octanol–water partition coefficient (Wildman–Crippen LogP) is 4.65. The topological polar surface area (TPSA) is 29.5 Å². The molecule has 1 atom stereocenters. The van der Waals surface area contributed by atoms with Gasteiger partial charge in [-0.1, -0.05) is 30.3 Å². The van der Waals surface area contributed by atoms with Gasteiger partial charge in [-0.2, -0.15) is 0 Å². The Balaban J connectivity index is 1.52. The number of halogens is 2. The van der Waals surface area contributed by atoms with Crippen LogP contribution in [0.2, 0.25) is 0 Å². The van der Waals surface area contributed by atoms with Crippen molar-refractivity contribution in [2.75, 3.05) is 12.4 Å². The summed E-state index contributed by atoms with van der Waals surface area (Å²) in [5.41, 5.74) is 0. The summed E-state index contributed by atoms with van der Waals surface area (Å²) in [6.07, 6.45) is -0.713. The summed E-state index contributed by atoms with van der Waals surface area (Å²) in [7, 11) is 0. The Morgan fingerprint density at radius 1 is 0.917 bits per heavy atom. The quantitative estimate of drug-likeness (QED) is 0.659. The second-order valence-corrected chi connectivity index (χ2v) is 6.45. The average Bonchev–Trinajstić information content (AvgIpc) is 2.60. The van der Waals surface area contributed by atoms with E-state index in [9.17, 15) is 13.9 Å². The lowest BCUT2D eigenvalue weighted by molar-refractivity contribution is 0.126. The van der Waals surface area contributed by atoms with Crippen molar-refractivity contribution in [2.24, 2.45) is 0 Å². The molecule has 0 aliphatic carbocycles. The number of hydrogen-bond donors (Lipinski definition) is 1. The van der Waals surface area contributed by atoms with E-state index in [1.165, 1.54) is 17.8 Å². The number of aliphatic hydroxyl groups is 1. The van der Waals surface area contributed by atoms with Crippen LogP contribution in [0.3, 0.4) is 0 Å². The fraction of sp³-hybridized carbons (Fsp3) is 0.158. The maximum absolute atomic E-state index is 13.1. The largest absolute Gasteiger partial charge is 0.491 e. The molecule has 0 aliphatic rings. The minimum absolute atomic E-state index is 0.134. The molecule has 24 heavy (non-hydrogen) atoms. The van der Waals surface area contributed by atoms with E-state index in [4.69, 9.17) is 4.74 Å². The molecule has 3 rings (SSSR count). The van der Waals surface area contributed by atoms with Crippen LogP contribution in [0.5, 0.6) is 5.75 Å². The van der Waals surface area contributed by atoms with Crippen molar-refractivity contribution in [2.45, 2.75) is 11.0 Å². The smallest absolute Gasteiger partial charge is 0.159 e. The first-order chi connectivity index (χ1) is 11.6. The molecule has 5 heteroatoms. The van der Waals surface area contributed by atoms with Gasteiger partial charge in [-0.15, -0.1) is 11.8 Å². The third-order valence-corrected chi connectivity index (χ3v) is 4.64. The molecule has 3 aromatic carbocycles. The number of ether oxygens (including phenoxy) is 1. The fourth-order valence-electron chi connectivity index (χ4n) is 2.26. The fourth-order valence-corrected chi connectivity index (χ4v) is 3.09. The number of rotatable bonds is 6. The van der Waals surface area contributed by atoms with Gasteiger partial charge in [0, 0.05) is 10.6 Å². The lowest BCUT2D eigenvalue weighted by atomic mass is 10.1. The van der Waals surface area contributed by atoms with Crippen molar-refractivity contribution in [3.8, 4) is 5.75 Å². The van der Waals surface area contributed by atoms with E-state index in [0.717, 1.165) is 22.9 Å². The zero-order chi connectivity index (χ0) is 16.9. The van der Waals surface area contributed by atoms with Gasteiger partial charge in [0.25, 0.3) is 0 Å². The van der Waals surface area contributed by atoms with Crippen molar-refractivity contribution in [1.82, 2.24) is 0 Å². The van der Waals surface area contributed by atoms with Crippen LogP contribution in [0.25, 0.3) is 10.8 Å². The minimum Gasteiger partial charge on any atom is -0.491 e. The first-order valence-corrected chi connectivity index (χ1v) is 8.48. The molecule has 1 N–H and O–H groups in total. The van der Waals surface area contributed by atoms with E-state index >= 15 is 0 Å². The van der Waals surface area contributed by atoms with Gasteiger partial charge in [-0.3, -0.25) is 0 Å². The maximum Gasteiger partial charge on any atom is 0.159 e. The first kappa shape index (κ1) is 16.7. The number of hydrogen-bond acceptors (Lipinski definition) is 3.